The highest BCUT2D eigenvalue weighted by molar-refractivity contribution is 7.80. The number of anilines is 2. The molecule has 2 aromatic rings. The summed E-state index contributed by atoms with van der Waals surface area (Å²) in [5.41, 5.74) is 8.32. The van der Waals surface area contributed by atoms with Crippen molar-refractivity contribution in [3.63, 3.8) is 0 Å². The molecule has 4 nitrogen and oxygen atoms in total. The first-order valence-corrected chi connectivity index (χ1v) is 6.19. The Morgan fingerprint density at radius 2 is 2.05 bits per heavy atom. The van der Waals surface area contributed by atoms with Gasteiger partial charge in [0, 0.05) is 6.20 Å². The molecular weight excluding hydrogens is 258 g/mol. The molecule has 1 aromatic heterocycles. The predicted octanol–water partition coefficient (Wildman–Crippen LogP) is 2.78. The Labute approximate surface area is 117 Å². The molecule has 0 bridgehead atoms. The molecule has 0 aliphatic rings. The number of ether oxygens (including phenoxy) is 1. The number of thiocarbonyl (C=S) groups is 1. The minimum Gasteiger partial charge on any atom is -0.495 e. The quantitative estimate of drug-likeness (QED) is 0.839. The fourth-order valence-electron chi connectivity index (χ4n) is 1.84. The van der Waals surface area contributed by atoms with E-state index in [4.69, 9.17) is 22.7 Å². The number of nitrogens with zero attached hydrogens (tertiary/aromatic N) is 1. The van der Waals surface area contributed by atoms with Crippen LogP contribution in [0.15, 0.2) is 36.5 Å². The van der Waals surface area contributed by atoms with Gasteiger partial charge in [0.15, 0.2) is 0 Å². The van der Waals surface area contributed by atoms with Gasteiger partial charge in [0.2, 0.25) is 0 Å². The molecule has 1 aromatic carbocycles. The molecule has 0 saturated heterocycles. The van der Waals surface area contributed by atoms with E-state index >= 15 is 0 Å². The van der Waals surface area contributed by atoms with Crippen LogP contribution in [0.4, 0.5) is 11.5 Å². The van der Waals surface area contributed by atoms with Crippen LogP contribution in [-0.4, -0.2) is 17.1 Å². The first-order valence-electron chi connectivity index (χ1n) is 5.79. The lowest BCUT2D eigenvalue weighted by molar-refractivity contribution is 0.417. The third-order valence-electron chi connectivity index (χ3n) is 2.77. The van der Waals surface area contributed by atoms with Crippen molar-refractivity contribution in [2.24, 2.45) is 5.73 Å². The zero-order chi connectivity index (χ0) is 13.8. The number of rotatable bonds is 4. The van der Waals surface area contributed by atoms with E-state index in [9.17, 15) is 0 Å². The number of nitrogens with two attached hydrogens (primary N) is 1. The van der Waals surface area contributed by atoms with Gasteiger partial charge >= 0.3 is 0 Å². The van der Waals surface area contributed by atoms with E-state index < -0.39 is 0 Å². The molecule has 0 fully saturated rings. The van der Waals surface area contributed by atoms with Gasteiger partial charge in [-0.15, -0.1) is 0 Å². The Morgan fingerprint density at radius 3 is 2.74 bits per heavy atom. The number of para-hydroxylation sites is 2. The van der Waals surface area contributed by atoms with E-state index in [1.807, 2.05) is 37.3 Å². The van der Waals surface area contributed by atoms with Crippen LogP contribution in [0.2, 0.25) is 0 Å². The van der Waals surface area contributed by atoms with Crippen molar-refractivity contribution in [2.45, 2.75) is 6.92 Å². The van der Waals surface area contributed by atoms with Crippen molar-refractivity contribution in [1.82, 2.24) is 4.98 Å². The number of hydrogen-bond donors (Lipinski definition) is 2. The highest BCUT2D eigenvalue weighted by Gasteiger charge is 2.11. The lowest BCUT2D eigenvalue weighted by Crippen LogP contribution is -2.15. The number of nitrogens with one attached hydrogen (secondary N) is 1. The van der Waals surface area contributed by atoms with Gasteiger partial charge in [-0.2, -0.15) is 0 Å². The first kappa shape index (κ1) is 13.3. The molecule has 19 heavy (non-hydrogen) atoms. The minimum atomic E-state index is 0.322. The maximum absolute atomic E-state index is 5.76. The zero-order valence-electron chi connectivity index (χ0n) is 10.8. The summed E-state index contributed by atoms with van der Waals surface area (Å²) >= 11 is 5.08. The van der Waals surface area contributed by atoms with Gasteiger partial charge in [0.1, 0.15) is 16.6 Å². The topological polar surface area (TPSA) is 60.2 Å². The normalized spacial score (nSPS) is 10.0. The molecule has 0 aliphatic heterocycles. The fraction of sp³-hybridized carbons (Fsp3) is 0.143. The van der Waals surface area contributed by atoms with Crippen LogP contribution < -0.4 is 15.8 Å². The van der Waals surface area contributed by atoms with Crippen molar-refractivity contribution >= 4 is 28.7 Å². The molecule has 0 unspecified atom stereocenters. The van der Waals surface area contributed by atoms with Gasteiger partial charge in [0.05, 0.1) is 18.4 Å². The Bertz CT molecular complexity index is 613. The highest BCUT2D eigenvalue weighted by Crippen LogP contribution is 2.28. The average molecular weight is 273 g/mol. The summed E-state index contributed by atoms with van der Waals surface area (Å²) < 4.78 is 5.29. The van der Waals surface area contributed by atoms with Gasteiger partial charge in [-0.25, -0.2) is 4.98 Å². The van der Waals surface area contributed by atoms with Crippen LogP contribution in [0, 0.1) is 6.92 Å². The van der Waals surface area contributed by atoms with E-state index in [0.29, 0.717) is 10.8 Å². The second-order valence-corrected chi connectivity index (χ2v) is 4.48. The average Bonchev–Trinajstić information content (AvgIpc) is 2.39. The molecule has 0 atom stereocenters. The minimum absolute atomic E-state index is 0.322. The van der Waals surface area contributed by atoms with E-state index in [1.165, 1.54) is 0 Å². The largest absolute Gasteiger partial charge is 0.495 e. The molecule has 0 amide bonds. The second-order valence-electron chi connectivity index (χ2n) is 4.04. The maximum Gasteiger partial charge on any atom is 0.142 e. The molecule has 0 saturated carbocycles. The van der Waals surface area contributed by atoms with Gasteiger partial charge in [0.25, 0.3) is 0 Å². The molecule has 98 valence electrons. The molecule has 0 radical (unpaired) electrons. The van der Waals surface area contributed by atoms with Crippen molar-refractivity contribution in [3.05, 3.63) is 47.7 Å². The molecule has 2 rings (SSSR count). The second kappa shape index (κ2) is 5.67. The molecule has 3 N–H and O–H groups in total. The Morgan fingerprint density at radius 1 is 1.32 bits per heavy atom. The van der Waals surface area contributed by atoms with Gasteiger partial charge in [-0.3, -0.25) is 0 Å². The Hall–Kier alpha value is -2.14. The van der Waals surface area contributed by atoms with Crippen LogP contribution in [0.5, 0.6) is 5.75 Å². The molecule has 0 aliphatic carbocycles. The Kier molecular flexibility index (Phi) is 3.97. The van der Waals surface area contributed by atoms with Crippen molar-refractivity contribution in [2.75, 3.05) is 12.4 Å². The molecule has 5 heteroatoms. The summed E-state index contributed by atoms with van der Waals surface area (Å²) in [6, 6.07) is 9.48. The van der Waals surface area contributed by atoms with Crippen LogP contribution in [0.3, 0.4) is 0 Å². The van der Waals surface area contributed by atoms with Gasteiger partial charge < -0.3 is 15.8 Å². The third kappa shape index (κ3) is 2.82. The number of aryl methyl sites for hydroxylation is 1. The number of hydrogen-bond acceptors (Lipinski definition) is 4. The predicted molar refractivity (Wildman–Crippen MR) is 81.1 cm³/mol. The summed E-state index contributed by atoms with van der Waals surface area (Å²) in [4.78, 5) is 4.62. The van der Waals surface area contributed by atoms with Crippen molar-refractivity contribution < 1.29 is 4.74 Å². The van der Waals surface area contributed by atoms with E-state index in [2.05, 4.69) is 10.3 Å². The smallest absolute Gasteiger partial charge is 0.142 e. The summed E-state index contributed by atoms with van der Waals surface area (Å²) in [6.45, 7) is 1.95. The van der Waals surface area contributed by atoms with Crippen LogP contribution in [-0.2, 0) is 0 Å². The highest BCUT2D eigenvalue weighted by atomic mass is 32.1. The number of benzene rings is 1. The lowest BCUT2D eigenvalue weighted by atomic mass is 10.1. The van der Waals surface area contributed by atoms with E-state index in [0.717, 1.165) is 22.6 Å². The molecule has 1 heterocycles. The number of pyridine rings is 1. The van der Waals surface area contributed by atoms with Crippen LogP contribution in [0.25, 0.3) is 0 Å². The number of methoxy groups -OCH3 is 1. The lowest BCUT2D eigenvalue weighted by Gasteiger charge is -2.14. The van der Waals surface area contributed by atoms with Crippen LogP contribution in [0.1, 0.15) is 11.1 Å². The van der Waals surface area contributed by atoms with Crippen molar-refractivity contribution in [1.29, 1.82) is 0 Å². The summed E-state index contributed by atoms with van der Waals surface area (Å²) in [6.07, 6.45) is 1.72. The summed E-state index contributed by atoms with van der Waals surface area (Å²) in [5, 5.41) is 3.21. The van der Waals surface area contributed by atoms with Crippen molar-refractivity contribution in [3.8, 4) is 5.75 Å². The maximum atomic E-state index is 5.76. The Balaban J connectivity index is 2.44. The fourth-order valence-corrected chi connectivity index (χ4v) is 2.10. The molecule has 0 spiro atoms. The summed E-state index contributed by atoms with van der Waals surface area (Å²) in [5.74, 6) is 1.37. The third-order valence-corrected chi connectivity index (χ3v) is 2.97. The number of aromatic nitrogens is 1. The zero-order valence-corrected chi connectivity index (χ0v) is 11.6. The summed E-state index contributed by atoms with van der Waals surface area (Å²) in [7, 11) is 1.62. The van der Waals surface area contributed by atoms with Crippen LogP contribution >= 0.6 is 12.2 Å². The first-order chi connectivity index (χ1) is 9.13. The standard InChI is InChI=1S/C14H15N3OS/c1-9-7-8-16-14(12(9)13(15)19)17-10-5-3-4-6-11(10)18-2/h3-8H,1-2H3,(H2,15,19)(H,16,17). The van der Waals surface area contributed by atoms with E-state index in [-0.39, 0.29) is 0 Å². The van der Waals surface area contributed by atoms with E-state index in [1.54, 1.807) is 13.3 Å². The molecular formula is C14H15N3OS. The SMILES string of the molecule is COc1ccccc1Nc1nccc(C)c1C(N)=S. The van der Waals surface area contributed by atoms with Gasteiger partial charge in [-0.1, -0.05) is 24.4 Å². The van der Waals surface area contributed by atoms with Gasteiger partial charge in [-0.05, 0) is 30.7 Å². The monoisotopic (exact) mass is 273 g/mol.